The number of nitrogens with zero attached hydrogens (tertiary/aromatic N) is 4. The molecule has 1 spiro atoms. The molecule has 6 heteroatoms. The molecule has 0 amide bonds. The molecule has 12 rings (SSSR count). The molecule has 0 N–H and O–H groups in total. The number of aromatic nitrogens is 3. The zero-order valence-electron chi connectivity index (χ0n) is 31.1. The van der Waals surface area contributed by atoms with Crippen LogP contribution in [0, 0.1) is 0 Å². The van der Waals surface area contributed by atoms with E-state index in [1.54, 1.807) is 0 Å². The smallest absolute Gasteiger partial charge is 0.165 e. The van der Waals surface area contributed by atoms with Gasteiger partial charge >= 0.3 is 0 Å². The average molecular weight is 777 g/mol. The zero-order valence-corrected chi connectivity index (χ0v) is 32.7. The van der Waals surface area contributed by atoms with Crippen molar-refractivity contribution in [1.82, 2.24) is 15.0 Å². The second-order valence-corrected chi connectivity index (χ2v) is 16.8. The highest BCUT2D eigenvalue weighted by Gasteiger charge is 2.50. The molecule has 1 aliphatic carbocycles. The van der Waals surface area contributed by atoms with E-state index in [0.717, 1.165) is 22.4 Å². The Labute approximate surface area is 345 Å². The van der Waals surface area contributed by atoms with Crippen LogP contribution in [-0.2, 0) is 5.41 Å². The fraction of sp³-hybridized carbons (Fsp3) is 0.0192. The van der Waals surface area contributed by atoms with Gasteiger partial charge in [0.1, 0.15) is 0 Å². The molecule has 272 valence electrons. The maximum atomic E-state index is 5.33. The molecule has 8 aromatic carbocycles. The van der Waals surface area contributed by atoms with Crippen LogP contribution >= 0.6 is 23.5 Å². The monoisotopic (exact) mass is 776 g/mol. The van der Waals surface area contributed by atoms with Gasteiger partial charge in [0.05, 0.1) is 16.8 Å². The quantitative estimate of drug-likeness (QED) is 0.177. The summed E-state index contributed by atoms with van der Waals surface area (Å²) in [5.41, 5.74) is 13.5. The Morgan fingerprint density at radius 1 is 0.345 bits per heavy atom. The summed E-state index contributed by atoms with van der Waals surface area (Å²) in [7, 11) is 0. The number of fused-ring (bicyclic) bond motifs is 11. The van der Waals surface area contributed by atoms with Crippen LogP contribution < -0.4 is 4.90 Å². The summed E-state index contributed by atoms with van der Waals surface area (Å²) in [6.07, 6.45) is 0. The lowest BCUT2D eigenvalue weighted by Crippen LogP contribution is -2.32. The summed E-state index contributed by atoms with van der Waals surface area (Å²) in [6, 6.07) is 69.5. The summed E-state index contributed by atoms with van der Waals surface area (Å²) in [5.74, 6) is 1.93. The van der Waals surface area contributed by atoms with Gasteiger partial charge in [0, 0.05) is 42.0 Å². The van der Waals surface area contributed by atoms with E-state index in [1.807, 2.05) is 41.7 Å². The van der Waals surface area contributed by atoms with Crippen LogP contribution in [0.3, 0.4) is 0 Å². The number of hydrogen-bond acceptors (Lipinski definition) is 6. The molecule has 3 aliphatic rings. The van der Waals surface area contributed by atoms with E-state index in [0.29, 0.717) is 17.5 Å². The number of benzene rings is 8. The van der Waals surface area contributed by atoms with E-state index in [-0.39, 0.29) is 0 Å². The van der Waals surface area contributed by atoms with E-state index in [4.69, 9.17) is 15.0 Å². The molecule has 2 aliphatic heterocycles. The summed E-state index contributed by atoms with van der Waals surface area (Å²) < 4.78 is 0. The third-order valence-corrected chi connectivity index (χ3v) is 13.9. The zero-order chi connectivity index (χ0) is 38.2. The Hall–Kier alpha value is -6.73. The molecule has 3 heterocycles. The largest absolute Gasteiger partial charge is 0.308 e. The van der Waals surface area contributed by atoms with E-state index in [1.165, 1.54) is 64.3 Å². The maximum absolute atomic E-state index is 5.33. The van der Waals surface area contributed by atoms with Crippen molar-refractivity contribution in [2.45, 2.75) is 25.0 Å². The second-order valence-electron chi connectivity index (χ2n) is 14.7. The van der Waals surface area contributed by atoms with Crippen LogP contribution in [-0.4, -0.2) is 15.0 Å². The lowest BCUT2D eigenvalue weighted by atomic mass is 9.67. The molecule has 0 bridgehead atoms. The van der Waals surface area contributed by atoms with Crippen LogP contribution in [0.4, 0.5) is 17.1 Å². The summed E-state index contributed by atoms with van der Waals surface area (Å²) in [5, 5.41) is 0. The minimum absolute atomic E-state index is 0.488. The number of anilines is 3. The van der Waals surface area contributed by atoms with Crippen molar-refractivity contribution in [3.63, 3.8) is 0 Å². The minimum Gasteiger partial charge on any atom is -0.308 e. The normalized spacial score (nSPS) is 13.8. The first-order chi connectivity index (χ1) is 28.8. The standard InChI is InChI=1S/C52H32N4S2/c1-2-15-33(16-3-1)49-53-50(34-29-31-35(32-30-34)56-43-24-9-12-27-46(43)57-47-28-13-10-25-44(47)56)55-51(54-49)38-19-14-23-42-48(38)58-45-26-11-8-22-41(45)52(42)39-20-6-4-17-36(39)37-18-5-7-21-40(37)52/h1-32H. The third-order valence-electron chi connectivity index (χ3n) is 11.6. The predicted molar refractivity (Wildman–Crippen MR) is 236 cm³/mol. The van der Waals surface area contributed by atoms with Crippen LogP contribution in [0.25, 0.3) is 45.3 Å². The predicted octanol–water partition coefficient (Wildman–Crippen LogP) is 13.6. The Morgan fingerprint density at radius 2 is 0.828 bits per heavy atom. The molecular formula is C52H32N4S2. The molecule has 1 aromatic heterocycles. The Bertz CT molecular complexity index is 3000. The van der Waals surface area contributed by atoms with Gasteiger partial charge in [-0.1, -0.05) is 163 Å². The summed E-state index contributed by atoms with van der Waals surface area (Å²) in [4.78, 5) is 23.0. The van der Waals surface area contributed by atoms with Crippen molar-refractivity contribution in [3.8, 4) is 45.3 Å². The molecule has 9 aromatic rings. The van der Waals surface area contributed by atoms with Gasteiger partial charge in [-0.05, 0) is 88.0 Å². The van der Waals surface area contributed by atoms with Gasteiger partial charge in [0.25, 0.3) is 0 Å². The molecule has 0 atom stereocenters. The first-order valence-electron chi connectivity index (χ1n) is 19.4. The van der Waals surface area contributed by atoms with Gasteiger partial charge in [-0.15, -0.1) is 0 Å². The van der Waals surface area contributed by atoms with Crippen molar-refractivity contribution in [3.05, 3.63) is 216 Å². The molecule has 0 saturated carbocycles. The highest BCUT2D eigenvalue weighted by Crippen LogP contribution is 2.63. The maximum Gasteiger partial charge on any atom is 0.165 e. The first kappa shape index (κ1) is 33.4. The molecule has 0 fully saturated rings. The molecular weight excluding hydrogens is 745 g/mol. The average Bonchev–Trinajstić information content (AvgIpc) is 3.59. The van der Waals surface area contributed by atoms with Crippen molar-refractivity contribution in [2.75, 3.05) is 4.90 Å². The van der Waals surface area contributed by atoms with Crippen LogP contribution in [0.15, 0.2) is 214 Å². The van der Waals surface area contributed by atoms with E-state index in [9.17, 15) is 0 Å². The van der Waals surface area contributed by atoms with Crippen LogP contribution in [0.1, 0.15) is 22.3 Å². The highest BCUT2D eigenvalue weighted by atomic mass is 32.2. The van der Waals surface area contributed by atoms with E-state index < -0.39 is 5.41 Å². The lowest BCUT2D eigenvalue weighted by Gasteiger charge is -2.40. The van der Waals surface area contributed by atoms with E-state index >= 15 is 0 Å². The van der Waals surface area contributed by atoms with Crippen molar-refractivity contribution in [1.29, 1.82) is 0 Å². The van der Waals surface area contributed by atoms with Crippen LogP contribution in [0.5, 0.6) is 0 Å². The first-order valence-corrected chi connectivity index (χ1v) is 21.1. The van der Waals surface area contributed by atoms with Gasteiger partial charge in [-0.2, -0.15) is 0 Å². The molecule has 58 heavy (non-hydrogen) atoms. The van der Waals surface area contributed by atoms with Gasteiger partial charge in [0.15, 0.2) is 17.5 Å². The van der Waals surface area contributed by atoms with Gasteiger partial charge in [-0.25, -0.2) is 15.0 Å². The van der Waals surface area contributed by atoms with Gasteiger partial charge in [0.2, 0.25) is 0 Å². The fourth-order valence-electron chi connectivity index (χ4n) is 9.14. The summed E-state index contributed by atoms with van der Waals surface area (Å²) in [6.45, 7) is 0. The second kappa shape index (κ2) is 13.2. The highest BCUT2D eigenvalue weighted by molar-refractivity contribution is 8.00. The number of para-hydroxylation sites is 2. The summed E-state index contributed by atoms with van der Waals surface area (Å²) >= 11 is 3.63. The number of rotatable bonds is 4. The Balaban J connectivity index is 1.04. The van der Waals surface area contributed by atoms with Gasteiger partial charge in [-0.3, -0.25) is 0 Å². The Morgan fingerprint density at radius 3 is 1.48 bits per heavy atom. The molecule has 0 saturated heterocycles. The molecule has 4 nitrogen and oxygen atoms in total. The van der Waals surface area contributed by atoms with E-state index in [2.05, 4.69) is 181 Å². The van der Waals surface area contributed by atoms with Gasteiger partial charge < -0.3 is 4.90 Å². The van der Waals surface area contributed by atoms with Crippen LogP contribution in [0.2, 0.25) is 0 Å². The third kappa shape index (κ3) is 4.95. The lowest BCUT2D eigenvalue weighted by molar-refractivity contribution is 0.722. The van der Waals surface area contributed by atoms with Crippen molar-refractivity contribution < 1.29 is 0 Å². The fourth-order valence-corrected chi connectivity index (χ4v) is 11.5. The topological polar surface area (TPSA) is 41.9 Å². The molecule has 0 radical (unpaired) electrons. The number of hydrogen-bond donors (Lipinski definition) is 0. The van der Waals surface area contributed by atoms with Crippen molar-refractivity contribution >= 4 is 40.6 Å². The van der Waals surface area contributed by atoms with Crippen molar-refractivity contribution in [2.24, 2.45) is 0 Å². The Kier molecular flexibility index (Phi) is 7.59. The molecule has 0 unspecified atom stereocenters. The SMILES string of the molecule is c1ccc(-c2nc(-c3ccc(N4c5ccccc5Sc5ccccc54)cc3)nc(-c3cccc4c3Sc3ccccc3C43c4ccccc4-c4ccccc43)n2)cc1. The minimum atomic E-state index is -0.488.